The van der Waals surface area contributed by atoms with E-state index in [1.807, 2.05) is 20.8 Å². The second-order valence-electron chi connectivity index (χ2n) is 4.46. The molecule has 0 unspecified atom stereocenters. The van der Waals surface area contributed by atoms with Crippen molar-refractivity contribution in [3.05, 3.63) is 6.20 Å². The molecule has 110 valence electrons. The number of nitrogens with one attached hydrogen (secondary N) is 1. The number of ether oxygens (including phenoxy) is 1. The number of hydrogen-bond acceptors (Lipinski definition) is 5. The molecule has 0 fully saturated rings. The number of nitrogens with two attached hydrogens (primary N) is 1. The highest BCUT2D eigenvalue weighted by Crippen LogP contribution is 2.15. The quantitative estimate of drug-likeness (QED) is 0.682. The van der Waals surface area contributed by atoms with E-state index in [4.69, 9.17) is 10.5 Å². The van der Waals surface area contributed by atoms with Gasteiger partial charge in [0.25, 0.3) is 0 Å². The van der Waals surface area contributed by atoms with Gasteiger partial charge in [0.05, 0.1) is 12.7 Å². The topological polar surface area (TPSA) is 99.2 Å². The van der Waals surface area contributed by atoms with Gasteiger partial charge in [0.15, 0.2) is 5.82 Å². The smallest absolute Gasteiger partial charge is 0.245 e. The third-order valence-corrected chi connectivity index (χ3v) is 3.82. The Morgan fingerprint density at radius 1 is 1.53 bits per heavy atom. The molecule has 1 heterocycles. The van der Waals surface area contributed by atoms with Crippen LogP contribution in [-0.4, -0.2) is 37.5 Å². The van der Waals surface area contributed by atoms with Gasteiger partial charge in [-0.3, -0.25) is 4.68 Å². The maximum Gasteiger partial charge on any atom is 0.245 e. The van der Waals surface area contributed by atoms with Crippen molar-refractivity contribution in [3.63, 3.8) is 0 Å². The average molecular weight is 290 g/mol. The lowest BCUT2D eigenvalue weighted by atomic mass is 10.5. The Hall–Kier alpha value is -1.12. The lowest BCUT2D eigenvalue weighted by Crippen LogP contribution is -2.28. The first-order valence-corrected chi connectivity index (χ1v) is 7.79. The number of hydrogen-bond donors (Lipinski definition) is 2. The molecule has 0 atom stereocenters. The van der Waals surface area contributed by atoms with E-state index in [-0.39, 0.29) is 23.4 Å². The number of nitrogens with zero attached hydrogens (tertiary/aromatic N) is 2. The van der Waals surface area contributed by atoms with Crippen LogP contribution < -0.4 is 10.5 Å². The molecule has 3 N–H and O–H groups in total. The van der Waals surface area contributed by atoms with E-state index in [1.165, 1.54) is 10.9 Å². The third-order valence-electron chi connectivity index (χ3n) is 2.34. The summed E-state index contributed by atoms with van der Waals surface area (Å²) in [4.78, 5) is 0.0190. The number of sulfonamides is 1. The maximum atomic E-state index is 12.0. The third kappa shape index (κ3) is 4.81. The van der Waals surface area contributed by atoms with Crippen LogP contribution in [0.4, 0.5) is 5.82 Å². The van der Waals surface area contributed by atoms with Gasteiger partial charge >= 0.3 is 0 Å². The second-order valence-corrected chi connectivity index (χ2v) is 6.19. The SMILES string of the molecule is CCCn1cc(S(=O)(=O)NCCOC(C)C)c(N)n1. The zero-order valence-corrected chi connectivity index (χ0v) is 12.4. The minimum atomic E-state index is -3.62. The molecule has 8 heteroatoms. The normalized spacial score (nSPS) is 12.2. The zero-order valence-electron chi connectivity index (χ0n) is 11.6. The van der Waals surface area contributed by atoms with Crippen LogP contribution in [0.3, 0.4) is 0 Å². The van der Waals surface area contributed by atoms with Crippen molar-refractivity contribution in [2.45, 2.75) is 44.7 Å². The molecule has 7 nitrogen and oxygen atoms in total. The molecule has 0 aromatic carbocycles. The summed E-state index contributed by atoms with van der Waals surface area (Å²) in [6.07, 6.45) is 2.38. The first-order chi connectivity index (χ1) is 8.86. The maximum absolute atomic E-state index is 12.0. The number of anilines is 1. The number of rotatable bonds is 8. The first-order valence-electron chi connectivity index (χ1n) is 6.31. The summed E-state index contributed by atoms with van der Waals surface area (Å²) in [6.45, 7) is 6.92. The Bertz CT molecular complexity index is 496. The minimum absolute atomic E-state index is 0.0190. The molecule has 0 spiro atoms. The molecular weight excluding hydrogens is 268 g/mol. The summed E-state index contributed by atoms with van der Waals surface area (Å²) >= 11 is 0. The van der Waals surface area contributed by atoms with Gasteiger partial charge in [0.1, 0.15) is 4.90 Å². The highest BCUT2D eigenvalue weighted by molar-refractivity contribution is 7.89. The standard InChI is InChI=1S/C11H22N4O3S/c1-4-6-15-8-10(11(12)14-15)19(16,17)13-5-7-18-9(2)3/h8-9,13H,4-7H2,1-3H3,(H2,12,14). The van der Waals surface area contributed by atoms with Crippen LogP contribution in [-0.2, 0) is 21.3 Å². The summed E-state index contributed by atoms with van der Waals surface area (Å²) in [6, 6.07) is 0. The van der Waals surface area contributed by atoms with E-state index in [0.717, 1.165) is 6.42 Å². The number of nitrogen functional groups attached to an aromatic ring is 1. The second kappa shape index (κ2) is 6.88. The Morgan fingerprint density at radius 3 is 2.79 bits per heavy atom. The van der Waals surface area contributed by atoms with E-state index in [0.29, 0.717) is 13.2 Å². The van der Waals surface area contributed by atoms with Gasteiger partial charge in [-0.2, -0.15) is 5.10 Å². The first kappa shape index (κ1) is 15.9. The van der Waals surface area contributed by atoms with E-state index in [9.17, 15) is 8.42 Å². The molecule has 1 aromatic rings. The van der Waals surface area contributed by atoms with Gasteiger partial charge in [-0.25, -0.2) is 13.1 Å². The van der Waals surface area contributed by atoms with Crippen LogP contribution in [0, 0.1) is 0 Å². The van der Waals surface area contributed by atoms with E-state index in [2.05, 4.69) is 9.82 Å². The molecule has 1 rings (SSSR count). The van der Waals surface area contributed by atoms with E-state index < -0.39 is 10.0 Å². The summed E-state index contributed by atoms with van der Waals surface area (Å²) < 4.78 is 33.3. The van der Waals surface area contributed by atoms with Crippen molar-refractivity contribution in [1.29, 1.82) is 0 Å². The van der Waals surface area contributed by atoms with Gasteiger partial charge in [-0.1, -0.05) is 6.92 Å². The summed E-state index contributed by atoms with van der Waals surface area (Å²) in [5.74, 6) is 0.0192. The lowest BCUT2D eigenvalue weighted by molar-refractivity contribution is 0.0834. The monoisotopic (exact) mass is 290 g/mol. The highest BCUT2D eigenvalue weighted by atomic mass is 32.2. The van der Waals surface area contributed by atoms with Crippen LogP contribution in [0.25, 0.3) is 0 Å². The van der Waals surface area contributed by atoms with Gasteiger partial charge in [-0.15, -0.1) is 0 Å². The molecule has 0 aliphatic heterocycles. The van der Waals surface area contributed by atoms with Crippen LogP contribution in [0.15, 0.2) is 11.1 Å². The Labute approximate surface area is 114 Å². The minimum Gasteiger partial charge on any atom is -0.381 e. The van der Waals surface area contributed by atoms with Crippen LogP contribution >= 0.6 is 0 Å². The van der Waals surface area contributed by atoms with Gasteiger partial charge in [0, 0.05) is 19.3 Å². The van der Waals surface area contributed by atoms with Gasteiger partial charge < -0.3 is 10.5 Å². The van der Waals surface area contributed by atoms with Crippen molar-refractivity contribution in [1.82, 2.24) is 14.5 Å². The van der Waals surface area contributed by atoms with Crippen LogP contribution in [0.1, 0.15) is 27.2 Å². The van der Waals surface area contributed by atoms with Crippen molar-refractivity contribution < 1.29 is 13.2 Å². The summed E-state index contributed by atoms with van der Waals surface area (Å²) in [5.41, 5.74) is 5.63. The Kier molecular flexibility index (Phi) is 5.77. The zero-order chi connectivity index (χ0) is 14.5. The fourth-order valence-corrected chi connectivity index (χ4v) is 2.60. The van der Waals surface area contributed by atoms with E-state index >= 15 is 0 Å². The molecule has 0 aliphatic rings. The molecular formula is C11H22N4O3S. The highest BCUT2D eigenvalue weighted by Gasteiger charge is 2.20. The summed E-state index contributed by atoms with van der Waals surface area (Å²) in [5, 5.41) is 3.97. The Balaban J connectivity index is 2.66. The molecule has 0 bridgehead atoms. The van der Waals surface area contributed by atoms with Crippen molar-refractivity contribution >= 4 is 15.8 Å². The molecule has 1 aromatic heterocycles. The van der Waals surface area contributed by atoms with Crippen LogP contribution in [0.5, 0.6) is 0 Å². The van der Waals surface area contributed by atoms with Crippen molar-refractivity contribution in [2.75, 3.05) is 18.9 Å². The molecule has 0 amide bonds. The molecule has 0 saturated heterocycles. The number of aryl methyl sites for hydroxylation is 1. The fraction of sp³-hybridized carbons (Fsp3) is 0.727. The number of aromatic nitrogens is 2. The van der Waals surface area contributed by atoms with Crippen LogP contribution in [0.2, 0.25) is 0 Å². The Morgan fingerprint density at radius 2 is 2.21 bits per heavy atom. The lowest BCUT2D eigenvalue weighted by Gasteiger charge is -2.08. The van der Waals surface area contributed by atoms with Crippen molar-refractivity contribution in [3.8, 4) is 0 Å². The largest absolute Gasteiger partial charge is 0.381 e. The predicted molar refractivity (Wildman–Crippen MR) is 73.2 cm³/mol. The average Bonchev–Trinajstić information content (AvgIpc) is 2.67. The van der Waals surface area contributed by atoms with Gasteiger partial charge in [-0.05, 0) is 20.3 Å². The fourth-order valence-electron chi connectivity index (χ4n) is 1.52. The molecule has 0 saturated carbocycles. The summed E-state index contributed by atoms with van der Waals surface area (Å²) in [7, 11) is -3.62. The molecule has 0 aliphatic carbocycles. The van der Waals surface area contributed by atoms with Crippen molar-refractivity contribution in [2.24, 2.45) is 0 Å². The van der Waals surface area contributed by atoms with E-state index in [1.54, 1.807) is 0 Å². The molecule has 0 radical (unpaired) electrons. The van der Waals surface area contributed by atoms with Gasteiger partial charge in [0.2, 0.25) is 10.0 Å². The predicted octanol–water partition coefficient (Wildman–Crippen LogP) is 0.579. The molecule has 19 heavy (non-hydrogen) atoms.